The zero-order valence-corrected chi connectivity index (χ0v) is 45.8. The number of allylic oxidation sites excluding steroid dienone is 8. The van der Waals surface area contributed by atoms with Gasteiger partial charge in [-0.05, 0) is 155 Å². The molecule has 0 unspecified atom stereocenters. The highest BCUT2D eigenvalue weighted by atomic mass is 15.2. The molecule has 4 heteroatoms. The first kappa shape index (κ1) is 47.7. The zero-order chi connectivity index (χ0) is 51.6. The number of hydrogen-bond donors (Lipinski definition) is 0. The Morgan fingerprint density at radius 3 is 1.05 bits per heavy atom. The summed E-state index contributed by atoms with van der Waals surface area (Å²) in [6.07, 6.45) is 14.3. The lowest BCUT2D eigenvalue weighted by molar-refractivity contribution is -0.401. The third-order valence-electron chi connectivity index (χ3n) is 18.0. The molecule has 8 aromatic rings. The Hall–Kier alpha value is -7.30. The highest BCUT2D eigenvalue weighted by Gasteiger charge is 2.47. The van der Waals surface area contributed by atoms with E-state index in [0.29, 0.717) is 0 Å². The van der Waals surface area contributed by atoms with E-state index in [-0.39, 0.29) is 21.7 Å². The van der Waals surface area contributed by atoms with Crippen LogP contribution in [-0.2, 0) is 21.7 Å². The number of likely N-dealkylation sites (N-methyl/N-ethyl adjacent to an activating group) is 2. The fourth-order valence-corrected chi connectivity index (χ4v) is 14.3. The van der Waals surface area contributed by atoms with Crippen LogP contribution in [0.15, 0.2) is 192 Å². The van der Waals surface area contributed by atoms with Crippen molar-refractivity contribution in [2.75, 3.05) is 38.0 Å². The maximum atomic E-state index is 2.57. The standard InChI is InChI=1S/C70H72N4/c1-67(2)59(71(9)55-37-33-47-25-15-19-29-51(47)63(55)67)41-45(42-60-68(3,4)64-52-30-20-16-26-48(52)34-38-56(64)72(60)10)23-13-14-24-46(43-61-69(5,6)65-53-31-21-17-27-49(53)35-39-57(65)73(61)11)44-62-70(7,8)66-54-32-22-18-28-50(54)36-40-58(66)74(62)12/h15-22,25-44H,13-14,23-24H2,1-12H3/q+2. The second-order valence-corrected chi connectivity index (χ2v) is 23.9. The van der Waals surface area contributed by atoms with Crippen LogP contribution < -0.4 is 9.80 Å². The van der Waals surface area contributed by atoms with Gasteiger partial charge < -0.3 is 9.80 Å². The molecule has 4 nitrogen and oxygen atoms in total. The molecule has 8 aromatic carbocycles. The number of benzene rings is 8. The molecular weight excluding hydrogens is 897 g/mol. The van der Waals surface area contributed by atoms with Crippen LogP contribution in [-0.4, -0.2) is 48.8 Å². The van der Waals surface area contributed by atoms with E-state index in [1.54, 1.807) is 0 Å². The number of nitrogens with zero attached hydrogens (tertiary/aromatic N) is 4. The molecule has 4 heterocycles. The van der Waals surface area contributed by atoms with E-state index in [1.165, 1.54) is 122 Å². The lowest BCUT2D eigenvalue weighted by atomic mass is 9.77. The lowest BCUT2D eigenvalue weighted by Crippen LogP contribution is -2.28. The molecule has 370 valence electrons. The minimum atomic E-state index is -0.198. The average Bonchev–Trinajstić information content (AvgIpc) is 3.89. The summed E-state index contributed by atoms with van der Waals surface area (Å²) in [6.45, 7) is 19.4. The van der Waals surface area contributed by atoms with Gasteiger partial charge in [-0.3, -0.25) is 0 Å². The summed E-state index contributed by atoms with van der Waals surface area (Å²) in [5.41, 5.74) is 18.2. The van der Waals surface area contributed by atoms with E-state index >= 15 is 0 Å². The number of rotatable bonds is 9. The number of hydrogen-bond acceptors (Lipinski definition) is 2. The van der Waals surface area contributed by atoms with E-state index in [0.717, 1.165) is 25.7 Å². The highest BCUT2D eigenvalue weighted by molar-refractivity contribution is 6.09. The largest absolute Gasteiger partial charge is 0.347 e. The van der Waals surface area contributed by atoms with Gasteiger partial charge in [-0.25, -0.2) is 0 Å². The van der Waals surface area contributed by atoms with Crippen molar-refractivity contribution in [1.29, 1.82) is 0 Å². The molecule has 0 atom stereocenters. The monoisotopic (exact) mass is 969 g/mol. The molecular formula is C70H72N4+2. The van der Waals surface area contributed by atoms with Crippen LogP contribution in [0.2, 0.25) is 0 Å². The molecule has 74 heavy (non-hydrogen) atoms. The molecule has 0 N–H and O–H groups in total. The summed E-state index contributed by atoms with van der Waals surface area (Å²) in [5, 5.41) is 10.6. The van der Waals surface area contributed by atoms with Crippen LogP contribution in [0.25, 0.3) is 43.1 Å². The van der Waals surface area contributed by atoms with Crippen LogP contribution >= 0.6 is 0 Å². The van der Waals surface area contributed by atoms with Gasteiger partial charge in [-0.15, -0.1) is 0 Å². The van der Waals surface area contributed by atoms with Gasteiger partial charge in [-0.1, -0.05) is 137 Å². The van der Waals surface area contributed by atoms with E-state index in [4.69, 9.17) is 0 Å². The fourth-order valence-electron chi connectivity index (χ4n) is 14.3. The molecule has 0 aromatic heterocycles. The maximum absolute atomic E-state index is 2.57. The SMILES string of the molecule is CN1C(=CC(=CC2=[N+](C)c3ccc4ccccc4c3C2(C)C)CCCCC(=CC2=[N+](C)c3ccc4ccccc4c3C2(C)C)C=C2N(C)c3ccc4ccccc4c3C2(C)C)C(C)(C)c2c1ccc1ccccc21. The molecule has 0 radical (unpaired) electrons. The zero-order valence-electron chi connectivity index (χ0n) is 45.8. The fraction of sp³-hybridized carbons (Fsp3) is 0.286. The topological polar surface area (TPSA) is 12.5 Å². The Morgan fingerprint density at radius 1 is 0.392 bits per heavy atom. The van der Waals surface area contributed by atoms with Gasteiger partial charge in [0.25, 0.3) is 0 Å². The molecule has 4 aliphatic rings. The van der Waals surface area contributed by atoms with Gasteiger partial charge in [-0.2, -0.15) is 9.15 Å². The Kier molecular flexibility index (Phi) is 11.0. The van der Waals surface area contributed by atoms with Crippen molar-refractivity contribution in [2.24, 2.45) is 0 Å². The third-order valence-corrected chi connectivity index (χ3v) is 18.0. The van der Waals surface area contributed by atoms with Gasteiger partial charge in [0.1, 0.15) is 14.1 Å². The van der Waals surface area contributed by atoms with Crippen LogP contribution in [0, 0.1) is 0 Å². The second-order valence-electron chi connectivity index (χ2n) is 23.9. The maximum Gasteiger partial charge on any atom is 0.210 e. The molecule has 0 fully saturated rings. The predicted octanol–water partition coefficient (Wildman–Crippen LogP) is 17.0. The van der Waals surface area contributed by atoms with Gasteiger partial charge >= 0.3 is 0 Å². The number of unbranched alkanes of at least 4 members (excludes halogenated alkanes) is 1. The minimum absolute atomic E-state index is 0.198. The minimum Gasteiger partial charge on any atom is -0.347 e. The number of fused-ring (bicyclic) bond motifs is 12. The molecule has 0 aliphatic carbocycles. The highest BCUT2D eigenvalue weighted by Crippen LogP contribution is 2.53. The van der Waals surface area contributed by atoms with Crippen LogP contribution in [0.4, 0.5) is 22.7 Å². The van der Waals surface area contributed by atoms with Crippen molar-refractivity contribution in [2.45, 2.75) is 103 Å². The van der Waals surface area contributed by atoms with Crippen molar-refractivity contribution >= 4 is 77.3 Å². The number of anilines is 2. The molecule has 0 bridgehead atoms. The third kappa shape index (κ3) is 7.14. The second kappa shape index (κ2) is 17.1. The molecule has 12 rings (SSSR count). The predicted molar refractivity (Wildman–Crippen MR) is 317 cm³/mol. The molecule has 0 amide bonds. The van der Waals surface area contributed by atoms with Crippen molar-refractivity contribution in [3.05, 3.63) is 215 Å². The summed E-state index contributed by atoms with van der Waals surface area (Å²) in [5.74, 6) is 0. The Morgan fingerprint density at radius 2 is 0.703 bits per heavy atom. The van der Waals surface area contributed by atoms with E-state index < -0.39 is 0 Å². The van der Waals surface area contributed by atoms with Gasteiger partial charge in [0.15, 0.2) is 11.4 Å². The quantitative estimate of drug-likeness (QED) is 0.106. The Bertz CT molecular complexity index is 3640. The van der Waals surface area contributed by atoms with Crippen LogP contribution in [0.1, 0.15) is 103 Å². The molecule has 0 saturated carbocycles. The molecule has 0 saturated heterocycles. The summed E-state index contributed by atoms with van der Waals surface area (Å²) in [7, 11) is 9.11. The van der Waals surface area contributed by atoms with E-state index in [2.05, 4.69) is 272 Å². The Labute approximate surface area is 439 Å². The van der Waals surface area contributed by atoms with Gasteiger partial charge in [0.2, 0.25) is 11.4 Å². The first-order chi connectivity index (χ1) is 35.4. The summed E-state index contributed by atoms with van der Waals surface area (Å²) in [4.78, 5) is 4.94. The van der Waals surface area contributed by atoms with E-state index in [1.807, 2.05) is 0 Å². The van der Waals surface area contributed by atoms with E-state index in [9.17, 15) is 0 Å². The van der Waals surface area contributed by atoms with Crippen LogP contribution in [0.3, 0.4) is 0 Å². The van der Waals surface area contributed by atoms with Crippen molar-refractivity contribution < 1.29 is 9.15 Å². The van der Waals surface area contributed by atoms with Crippen molar-refractivity contribution in [3.63, 3.8) is 0 Å². The van der Waals surface area contributed by atoms with Crippen molar-refractivity contribution in [1.82, 2.24) is 0 Å². The summed E-state index contributed by atoms with van der Waals surface area (Å²) >= 11 is 0. The summed E-state index contributed by atoms with van der Waals surface area (Å²) < 4.78 is 4.94. The smallest absolute Gasteiger partial charge is 0.210 e. The molecule has 0 spiro atoms. The average molecular weight is 969 g/mol. The normalized spacial score (nSPS) is 19.5. The Balaban J connectivity index is 0.942. The van der Waals surface area contributed by atoms with Gasteiger partial charge in [0, 0.05) is 83.1 Å². The van der Waals surface area contributed by atoms with Crippen LogP contribution in [0.5, 0.6) is 0 Å². The first-order valence-electron chi connectivity index (χ1n) is 27.0. The summed E-state index contributed by atoms with van der Waals surface area (Å²) in [6, 6.07) is 54.2. The molecule has 4 aliphatic heterocycles. The lowest BCUT2D eigenvalue weighted by Gasteiger charge is -2.26. The van der Waals surface area contributed by atoms with Gasteiger partial charge in [0.05, 0.1) is 10.8 Å². The first-order valence-corrected chi connectivity index (χ1v) is 27.0. The van der Waals surface area contributed by atoms with Crippen molar-refractivity contribution in [3.8, 4) is 0 Å².